The van der Waals surface area contributed by atoms with Gasteiger partial charge in [-0.25, -0.2) is 0 Å². The molecule has 56 valence electrons. The molecule has 0 amide bonds. The predicted molar refractivity (Wildman–Crippen MR) is 42.8 cm³/mol. The van der Waals surface area contributed by atoms with Gasteiger partial charge in [0.15, 0.2) is 0 Å². The molecule has 0 spiro atoms. The molecule has 2 N–H and O–H groups in total. The summed E-state index contributed by atoms with van der Waals surface area (Å²) in [7, 11) is 0. The molecule has 1 saturated heterocycles. The highest BCUT2D eigenvalue weighted by Crippen LogP contribution is 2.09. The van der Waals surface area contributed by atoms with Gasteiger partial charge >= 0.3 is 0 Å². The number of halogens is 1. The maximum atomic E-state index is 3.95. The minimum absolute atomic E-state index is 0.369. The number of piperazine rings is 1. The Bertz CT molecular complexity index is 160. The number of nitrogens with one attached hydrogen (secondary N) is 2. The van der Waals surface area contributed by atoms with Crippen LogP contribution in [0.3, 0.4) is 0 Å². The zero-order chi connectivity index (χ0) is 6.97. The van der Waals surface area contributed by atoms with Crippen LogP contribution in [-0.4, -0.2) is 35.4 Å². The highest BCUT2D eigenvalue weighted by molar-refractivity contribution is 9.09. The molecule has 0 saturated carbocycles. The van der Waals surface area contributed by atoms with E-state index >= 15 is 0 Å². The van der Waals surface area contributed by atoms with Crippen LogP contribution < -0.4 is 10.7 Å². The molecule has 0 aromatic carbocycles. The van der Waals surface area contributed by atoms with E-state index in [1.54, 1.807) is 0 Å². The van der Waals surface area contributed by atoms with Crippen molar-refractivity contribution in [2.24, 2.45) is 5.10 Å². The summed E-state index contributed by atoms with van der Waals surface area (Å²) >= 11 is 3.48. The fourth-order valence-electron chi connectivity index (χ4n) is 1.17. The Morgan fingerprint density at radius 2 is 2.60 bits per heavy atom. The Labute approximate surface area is 67.8 Å². The molecule has 2 rings (SSSR count). The highest BCUT2D eigenvalue weighted by Gasteiger charge is 2.26. The Morgan fingerprint density at radius 1 is 1.70 bits per heavy atom. The topological polar surface area (TPSA) is 39.7 Å². The van der Waals surface area contributed by atoms with Gasteiger partial charge < -0.3 is 4.90 Å². The van der Waals surface area contributed by atoms with Crippen molar-refractivity contribution in [3.8, 4) is 0 Å². The third-order valence-corrected chi connectivity index (χ3v) is 2.35. The molecular formula is C5H9BrN4. The summed E-state index contributed by atoms with van der Waals surface area (Å²) in [4.78, 5) is 2.57. The SMILES string of the molecule is BrC1CN2C=NNC2CN1. The van der Waals surface area contributed by atoms with Gasteiger partial charge in [-0.3, -0.25) is 10.7 Å². The smallest absolute Gasteiger partial charge is 0.129 e. The van der Waals surface area contributed by atoms with Crippen LogP contribution in [0.2, 0.25) is 0 Å². The first kappa shape index (κ1) is 6.42. The van der Waals surface area contributed by atoms with Crippen LogP contribution in [-0.2, 0) is 0 Å². The van der Waals surface area contributed by atoms with Crippen molar-refractivity contribution in [1.29, 1.82) is 0 Å². The van der Waals surface area contributed by atoms with E-state index < -0.39 is 0 Å². The van der Waals surface area contributed by atoms with Gasteiger partial charge in [-0.05, 0) is 0 Å². The molecule has 0 aromatic rings. The molecule has 0 radical (unpaired) electrons. The Kier molecular flexibility index (Phi) is 1.54. The van der Waals surface area contributed by atoms with Crippen molar-refractivity contribution < 1.29 is 0 Å². The maximum Gasteiger partial charge on any atom is 0.129 e. The third kappa shape index (κ3) is 0.992. The number of hydrogen-bond acceptors (Lipinski definition) is 4. The Morgan fingerprint density at radius 3 is 3.50 bits per heavy atom. The van der Waals surface area contributed by atoms with Gasteiger partial charge in [0.1, 0.15) is 12.5 Å². The second-order valence-corrected chi connectivity index (χ2v) is 3.57. The van der Waals surface area contributed by atoms with E-state index in [9.17, 15) is 0 Å². The summed E-state index contributed by atoms with van der Waals surface area (Å²) in [5, 5.41) is 7.24. The van der Waals surface area contributed by atoms with Crippen LogP contribution in [0.25, 0.3) is 0 Å². The Hall–Kier alpha value is -0.290. The second-order valence-electron chi connectivity index (χ2n) is 2.46. The van der Waals surface area contributed by atoms with Gasteiger partial charge in [0, 0.05) is 13.1 Å². The van der Waals surface area contributed by atoms with Gasteiger partial charge in [0.2, 0.25) is 0 Å². The summed E-state index contributed by atoms with van der Waals surface area (Å²) in [5.74, 6) is 0. The summed E-state index contributed by atoms with van der Waals surface area (Å²) in [6.07, 6.45) is 2.22. The summed E-state index contributed by atoms with van der Waals surface area (Å²) in [5.41, 5.74) is 2.99. The molecule has 0 bridgehead atoms. The van der Waals surface area contributed by atoms with Gasteiger partial charge in [-0.1, -0.05) is 15.9 Å². The van der Waals surface area contributed by atoms with Crippen molar-refractivity contribution in [2.45, 2.75) is 11.1 Å². The number of nitrogens with zero attached hydrogens (tertiary/aromatic N) is 2. The van der Waals surface area contributed by atoms with E-state index in [4.69, 9.17) is 0 Å². The van der Waals surface area contributed by atoms with Gasteiger partial charge in [0.05, 0.1) is 4.95 Å². The fraction of sp³-hybridized carbons (Fsp3) is 0.800. The zero-order valence-electron chi connectivity index (χ0n) is 5.42. The van der Waals surface area contributed by atoms with Crippen molar-refractivity contribution >= 4 is 22.3 Å². The van der Waals surface area contributed by atoms with Gasteiger partial charge in [-0.2, -0.15) is 5.10 Å². The number of hydrogen-bond donors (Lipinski definition) is 2. The first-order valence-electron chi connectivity index (χ1n) is 3.28. The standard InChI is InChI=1S/C5H9BrN4/c6-4-2-10-3-8-9-5(10)1-7-4/h3-5,7,9H,1-2H2. The van der Waals surface area contributed by atoms with Crippen molar-refractivity contribution in [3.63, 3.8) is 0 Å². The van der Waals surface area contributed by atoms with E-state index in [-0.39, 0.29) is 0 Å². The van der Waals surface area contributed by atoms with E-state index in [1.165, 1.54) is 0 Å². The van der Waals surface area contributed by atoms with Crippen molar-refractivity contribution in [2.75, 3.05) is 13.1 Å². The minimum Gasteiger partial charge on any atom is -0.336 e. The number of fused-ring (bicyclic) bond motifs is 1. The van der Waals surface area contributed by atoms with Crippen LogP contribution >= 0.6 is 15.9 Å². The Balaban J connectivity index is 2.01. The van der Waals surface area contributed by atoms with Crippen molar-refractivity contribution in [3.05, 3.63) is 0 Å². The van der Waals surface area contributed by atoms with Crippen LogP contribution in [0.15, 0.2) is 5.10 Å². The molecule has 5 heteroatoms. The molecule has 2 unspecified atom stereocenters. The molecule has 2 heterocycles. The molecule has 4 nitrogen and oxygen atoms in total. The lowest BCUT2D eigenvalue weighted by molar-refractivity contribution is 0.245. The lowest BCUT2D eigenvalue weighted by atomic mass is 10.3. The largest absolute Gasteiger partial charge is 0.336 e. The number of hydrazone groups is 1. The van der Waals surface area contributed by atoms with Crippen LogP contribution in [0, 0.1) is 0 Å². The number of rotatable bonds is 0. The highest BCUT2D eigenvalue weighted by atomic mass is 79.9. The zero-order valence-corrected chi connectivity index (χ0v) is 7.00. The molecule has 2 aliphatic heterocycles. The molecule has 2 aliphatic rings. The normalized spacial score (nSPS) is 37.5. The molecule has 0 aliphatic carbocycles. The van der Waals surface area contributed by atoms with Crippen LogP contribution in [0.1, 0.15) is 0 Å². The molecule has 10 heavy (non-hydrogen) atoms. The van der Waals surface area contributed by atoms with E-state index in [1.807, 2.05) is 6.34 Å². The monoisotopic (exact) mass is 204 g/mol. The summed E-state index contributed by atoms with van der Waals surface area (Å²) in [6, 6.07) is 0. The molecular weight excluding hydrogens is 196 g/mol. The van der Waals surface area contributed by atoms with Crippen LogP contribution in [0.5, 0.6) is 0 Å². The van der Waals surface area contributed by atoms with Crippen molar-refractivity contribution in [1.82, 2.24) is 15.6 Å². The average molecular weight is 205 g/mol. The maximum absolute atomic E-state index is 3.95. The lowest BCUT2D eigenvalue weighted by Crippen LogP contribution is -2.55. The fourth-order valence-corrected chi connectivity index (χ4v) is 1.70. The average Bonchev–Trinajstić information content (AvgIpc) is 2.33. The van der Waals surface area contributed by atoms with Gasteiger partial charge in [0.25, 0.3) is 0 Å². The van der Waals surface area contributed by atoms with E-state index in [2.05, 4.69) is 36.7 Å². The van der Waals surface area contributed by atoms with E-state index in [0.717, 1.165) is 13.1 Å². The molecule has 1 fully saturated rings. The van der Waals surface area contributed by atoms with Gasteiger partial charge in [-0.15, -0.1) is 0 Å². The second kappa shape index (κ2) is 2.39. The molecule has 0 aromatic heterocycles. The molecule has 2 atom stereocenters. The predicted octanol–water partition coefficient (Wildman–Crippen LogP) is -0.515. The summed E-state index contributed by atoms with van der Waals surface area (Å²) < 4.78 is 0. The minimum atomic E-state index is 0.369. The van der Waals surface area contributed by atoms with E-state index in [0.29, 0.717) is 11.1 Å². The number of alkyl halides is 1. The lowest BCUT2D eigenvalue weighted by Gasteiger charge is -2.32. The first-order valence-corrected chi connectivity index (χ1v) is 4.20. The first-order chi connectivity index (χ1) is 4.86. The third-order valence-electron chi connectivity index (χ3n) is 1.73. The summed E-state index contributed by atoms with van der Waals surface area (Å²) in [6.45, 7) is 1.91. The quantitative estimate of drug-likeness (QED) is 0.413. The van der Waals surface area contributed by atoms with Crippen LogP contribution in [0.4, 0.5) is 0 Å².